The van der Waals surface area contributed by atoms with Gasteiger partial charge in [-0.15, -0.1) is 0 Å². The van der Waals surface area contributed by atoms with Gasteiger partial charge in [-0.05, 0) is 81.8 Å². The van der Waals surface area contributed by atoms with Crippen molar-refractivity contribution in [3.05, 3.63) is 155 Å². The smallest absolute Gasteiger partial charge is 0.206 e. The predicted octanol–water partition coefficient (Wildman–Crippen LogP) is 6.12. The normalized spacial score (nSPS) is 13.4. The van der Waals surface area contributed by atoms with E-state index in [4.69, 9.17) is 0 Å². The first-order valence-electron chi connectivity index (χ1n) is 15.3. The fraction of sp³-hybridized carbons (Fsp3) is 0.167. The van der Waals surface area contributed by atoms with Crippen molar-refractivity contribution in [2.24, 2.45) is 0 Å². The van der Waals surface area contributed by atoms with Crippen molar-refractivity contribution in [2.75, 3.05) is 6.54 Å². The maximum Gasteiger partial charge on any atom is 0.256 e. The van der Waals surface area contributed by atoms with E-state index in [2.05, 4.69) is 0 Å². The maximum atomic E-state index is 14.7. The zero-order valence-electron chi connectivity index (χ0n) is 27.7. The number of hydrogen-bond donors (Lipinski definition) is 0. The average molecular weight is 753 g/mol. The second kappa shape index (κ2) is 14.2. The largest absolute Gasteiger partial charge is 0.256 e. The van der Waals surface area contributed by atoms with E-state index < -0.39 is 62.5 Å². The van der Waals surface area contributed by atoms with Crippen LogP contribution in [0.3, 0.4) is 0 Å². The van der Waals surface area contributed by atoms with Crippen LogP contribution in [0.5, 0.6) is 0 Å². The molecule has 0 bridgehead atoms. The Balaban J connectivity index is 1.83. The molecule has 5 aromatic rings. The molecule has 0 aliphatic heterocycles. The molecular formula is C36H36N2O8S4. The molecule has 0 amide bonds. The molecule has 10 nitrogen and oxygen atoms in total. The van der Waals surface area contributed by atoms with E-state index in [-0.39, 0.29) is 22.8 Å². The first-order chi connectivity index (χ1) is 23.5. The summed E-state index contributed by atoms with van der Waals surface area (Å²) in [7, 11) is -20.0. The lowest BCUT2D eigenvalue weighted by Crippen LogP contribution is -2.47. The lowest BCUT2D eigenvalue weighted by Gasteiger charge is -2.33. The Bertz CT molecular complexity index is 2270. The van der Waals surface area contributed by atoms with Gasteiger partial charge in [-0.1, -0.05) is 109 Å². The van der Waals surface area contributed by atoms with Crippen LogP contribution in [0.2, 0.25) is 0 Å². The molecule has 0 radical (unpaired) electrons. The number of nitrogens with zero attached hydrogens (tertiary/aromatic N) is 2. The Labute approximate surface area is 294 Å². The van der Waals surface area contributed by atoms with Crippen LogP contribution in [0.1, 0.15) is 33.9 Å². The van der Waals surface area contributed by atoms with Crippen molar-refractivity contribution >= 4 is 40.1 Å². The van der Waals surface area contributed by atoms with Crippen LogP contribution in [0.4, 0.5) is 0 Å². The number of benzene rings is 5. The Morgan fingerprint density at radius 3 is 0.980 bits per heavy atom. The highest BCUT2D eigenvalue weighted by atomic mass is 32.3. The van der Waals surface area contributed by atoms with Crippen molar-refractivity contribution in [1.82, 2.24) is 7.42 Å². The highest BCUT2D eigenvalue weighted by Crippen LogP contribution is 2.37. The first kappa shape index (κ1) is 37.1. The van der Waals surface area contributed by atoms with Gasteiger partial charge in [0.25, 0.3) is 40.1 Å². The molecule has 0 aromatic heterocycles. The SMILES string of the molecule is Cc1ccc(S(=O)(=O)N(C[C@@H](c2ccccc2)N(S(=O)(=O)c2ccc(C)cc2)S(=O)(=O)c2ccc(C)cc2)S(=O)(=O)c2ccc(C)cc2)cc1. The number of hydrogen-bond acceptors (Lipinski definition) is 8. The summed E-state index contributed by atoms with van der Waals surface area (Å²) in [6.45, 7) is 5.78. The van der Waals surface area contributed by atoms with E-state index in [0.29, 0.717) is 22.3 Å². The van der Waals surface area contributed by atoms with Crippen LogP contribution >= 0.6 is 0 Å². The van der Waals surface area contributed by atoms with Crippen molar-refractivity contribution in [3.8, 4) is 0 Å². The van der Waals surface area contributed by atoms with Gasteiger partial charge in [0, 0.05) is 0 Å². The number of aryl methyl sites for hydroxylation is 4. The summed E-state index contributed by atoms with van der Waals surface area (Å²) in [5, 5.41) is 0. The zero-order valence-corrected chi connectivity index (χ0v) is 31.0. The molecule has 0 fully saturated rings. The van der Waals surface area contributed by atoms with Crippen molar-refractivity contribution in [2.45, 2.75) is 53.3 Å². The molecular weight excluding hydrogens is 717 g/mol. The molecule has 0 aliphatic carbocycles. The molecule has 0 heterocycles. The molecule has 5 aromatic carbocycles. The van der Waals surface area contributed by atoms with Gasteiger partial charge in [0.05, 0.1) is 32.2 Å². The first-order valence-corrected chi connectivity index (χ1v) is 21.1. The lowest BCUT2D eigenvalue weighted by molar-refractivity contribution is 0.383. The van der Waals surface area contributed by atoms with Crippen LogP contribution in [-0.4, -0.2) is 47.6 Å². The lowest BCUT2D eigenvalue weighted by atomic mass is 10.1. The van der Waals surface area contributed by atoms with Gasteiger partial charge < -0.3 is 0 Å². The van der Waals surface area contributed by atoms with E-state index in [1.807, 2.05) is 0 Å². The molecule has 50 heavy (non-hydrogen) atoms. The summed E-state index contributed by atoms with van der Waals surface area (Å²) in [4.78, 5) is -1.57. The van der Waals surface area contributed by atoms with Gasteiger partial charge >= 0.3 is 0 Å². The third kappa shape index (κ3) is 7.45. The quantitative estimate of drug-likeness (QED) is 0.148. The third-order valence-corrected chi connectivity index (χ3v) is 16.7. The van der Waals surface area contributed by atoms with Gasteiger partial charge in [-0.25, -0.2) is 33.7 Å². The second-order valence-corrected chi connectivity index (χ2v) is 19.7. The Kier molecular flexibility index (Phi) is 10.5. The number of sulfonamides is 4. The van der Waals surface area contributed by atoms with Crippen LogP contribution in [0, 0.1) is 27.7 Å². The van der Waals surface area contributed by atoms with Gasteiger partial charge in [0.15, 0.2) is 0 Å². The zero-order chi connectivity index (χ0) is 36.5. The standard InChI is InChI=1S/C36H36N2O8S4/c1-27-10-18-32(19-11-27)47(39,40)37(48(41,42)33-20-12-28(2)13-21-33)26-36(31-8-6-5-7-9-31)38(49(43,44)34-22-14-29(3)15-23-34)50(45,46)35-24-16-30(4)17-25-35/h5-25,36H,26H2,1-4H3/t36-/m0/s1. The Hall–Kier alpha value is -4.18. The maximum absolute atomic E-state index is 14.7. The summed E-state index contributed by atoms with van der Waals surface area (Å²) in [6, 6.07) is 27.5. The molecule has 0 unspecified atom stereocenters. The predicted molar refractivity (Wildman–Crippen MR) is 191 cm³/mol. The topological polar surface area (TPSA) is 143 Å². The summed E-state index contributed by atoms with van der Waals surface area (Å²) >= 11 is 0. The summed E-state index contributed by atoms with van der Waals surface area (Å²) in [5.41, 5.74) is 2.85. The molecule has 1 atom stereocenters. The van der Waals surface area contributed by atoms with E-state index in [1.54, 1.807) is 33.8 Å². The molecule has 0 saturated carbocycles. The summed E-state index contributed by atoms with van der Waals surface area (Å²) < 4.78 is 117. The Morgan fingerprint density at radius 1 is 0.400 bits per heavy atom. The van der Waals surface area contributed by atoms with Crippen molar-refractivity contribution < 1.29 is 33.7 Å². The van der Waals surface area contributed by atoms with Gasteiger partial charge in [-0.3, -0.25) is 0 Å². The van der Waals surface area contributed by atoms with Crippen LogP contribution in [-0.2, 0) is 40.1 Å². The molecule has 0 saturated heterocycles. The molecule has 262 valence electrons. The fourth-order valence-electron chi connectivity index (χ4n) is 5.18. The molecule has 0 aliphatic rings. The Morgan fingerprint density at radius 2 is 0.680 bits per heavy atom. The van der Waals surface area contributed by atoms with Crippen LogP contribution in [0.15, 0.2) is 147 Å². The average Bonchev–Trinajstić information content (AvgIpc) is 3.07. The minimum absolute atomic E-state index is 0.0297. The van der Waals surface area contributed by atoms with Gasteiger partial charge in [-0.2, -0.15) is 0 Å². The van der Waals surface area contributed by atoms with Crippen LogP contribution in [0.25, 0.3) is 0 Å². The second-order valence-electron chi connectivity index (χ2n) is 11.9. The molecule has 0 N–H and O–H groups in total. The summed E-state index contributed by atoms with van der Waals surface area (Å²) in [6.07, 6.45) is 0. The number of rotatable bonds is 12. The molecule has 0 spiro atoms. The van der Waals surface area contributed by atoms with E-state index in [0.717, 1.165) is 0 Å². The van der Waals surface area contributed by atoms with Crippen LogP contribution < -0.4 is 0 Å². The van der Waals surface area contributed by atoms with Crippen molar-refractivity contribution in [1.29, 1.82) is 0 Å². The van der Waals surface area contributed by atoms with Gasteiger partial charge in [0.2, 0.25) is 0 Å². The van der Waals surface area contributed by atoms with E-state index >= 15 is 0 Å². The molecule has 5 rings (SSSR count). The summed E-state index contributed by atoms with van der Waals surface area (Å²) in [5.74, 6) is 0. The van der Waals surface area contributed by atoms with E-state index in [1.165, 1.54) is 121 Å². The van der Waals surface area contributed by atoms with Crippen molar-refractivity contribution in [3.63, 3.8) is 0 Å². The van der Waals surface area contributed by atoms with E-state index in [9.17, 15) is 33.7 Å². The highest BCUT2D eigenvalue weighted by molar-refractivity contribution is 8.04. The minimum atomic E-state index is -5.03. The molecule has 14 heteroatoms. The minimum Gasteiger partial charge on any atom is -0.206 e. The third-order valence-electron chi connectivity index (χ3n) is 8.05. The monoisotopic (exact) mass is 752 g/mol. The highest BCUT2D eigenvalue weighted by Gasteiger charge is 2.47. The fourth-order valence-corrected chi connectivity index (χ4v) is 12.8. The van der Waals surface area contributed by atoms with Gasteiger partial charge in [0.1, 0.15) is 0 Å².